The first-order valence-corrected chi connectivity index (χ1v) is 8.54. The van der Waals surface area contributed by atoms with Crippen LogP contribution in [0.5, 0.6) is 0 Å². The predicted octanol–water partition coefficient (Wildman–Crippen LogP) is 3.30. The zero-order valence-corrected chi connectivity index (χ0v) is 13.8. The Morgan fingerprint density at radius 1 is 1.24 bits per heavy atom. The van der Waals surface area contributed by atoms with Crippen molar-refractivity contribution in [1.82, 2.24) is 4.90 Å². The van der Waals surface area contributed by atoms with E-state index < -0.39 is 0 Å². The average molecular weight is 333 g/mol. The largest absolute Gasteiger partial charge is 0.376 e. The first kappa shape index (κ1) is 15.7. The molecule has 2 aromatic carbocycles. The molecule has 0 radical (unpaired) electrons. The number of nitrogens with one attached hydrogen (secondary N) is 1. The summed E-state index contributed by atoms with van der Waals surface area (Å²) < 4.78 is 5.75. The minimum atomic E-state index is -0.306. The van der Waals surface area contributed by atoms with Crippen molar-refractivity contribution in [3.05, 3.63) is 65.2 Å². The van der Waals surface area contributed by atoms with Crippen molar-refractivity contribution in [3.8, 4) is 6.07 Å². The molecule has 2 atom stereocenters. The van der Waals surface area contributed by atoms with E-state index in [1.54, 1.807) is 6.07 Å². The Kier molecular flexibility index (Phi) is 4.12. The van der Waals surface area contributed by atoms with Gasteiger partial charge >= 0.3 is 0 Å². The zero-order valence-electron chi connectivity index (χ0n) is 13.8. The standard InChI is InChI=1S/C20H19N3O2/c21-12-14-5-3-6-15(11-14)19-22-18-9-2-1-8-17(18)20(24)23(19)13-16-7-4-10-25-16/h1-3,5-6,8-9,11,16,19,22H,4,7,10,13H2/t16-,19-/m1/s1. The molecule has 0 aromatic heterocycles. The van der Waals surface area contributed by atoms with Crippen molar-refractivity contribution in [3.63, 3.8) is 0 Å². The highest BCUT2D eigenvalue weighted by atomic mass is 16.5. The fraction of sp³-hybridized carbons (Fsp3) is 0.300. The lowest BCUT2D eigenvalue weighted by atomic mass is 10.0. The fourth-order valence-electron chi connectivity index (χ4n) is 3.53. The lowest BCUT2D eigenvalue weighted by Gasteiger charge is -2.39. The summed E-state index contributed by atoms with van der Waals surface area (Å²) in [6, 6.07) is 17.1. The number of nitriles is 1. The van der Waals surface area contributed by atoms with Crippen LogP contribution in [-0.2, 0) is 4.74 Å². The van der Waals surface area contributed by atoms with Crippen molar-refractivity contribution >= 4 is 11.6 Å². The quantitative estimate of drug-likeness (QED) is 0.936. The molecule has 1 fully saturated rings. The summed E-state index contributed by atoms with van der Waals surface area (Å²) in [5.41, 5.74) is 2.99. The number of anilines is 1. The van der Waals surface area contributed by atoms with Gasteiger partial charge in [0, 0.05) is 18.8 Å². The number of amides is 1. The maximum Gasteiger partial charge on any atom is 0.257 e. The van der Waals surface area contributed by atoms with E-state index in [0.29, 0.717) is 17.7 Å². The molecule has 126 valence electrons. The van der Waals surface area contributed by atoms with Gasteiger partial charge in [0.25, 0.3) is 5.91 Å². The molecule has 0 bridgehead atoms. The van der Waals surface area contributed by atoms with E-state index in [9.17, 15) is 10.1 Å². The van der Waals surface area contributed by atoms with Crippen LogP contribution in [0.2, 0.25) is 0 Å². The first-order valence-electron chi connectivity index (χ1n) is 8.54. The van der Waals surface area contributed by atoms with E-state index in [-0.39, 0.29) is 18.2 Å². The minimum absolute atomic E-state index is 0.00258. The second-order valence-corrected chi connectivity index (χ2v) is 6.42. The van der Waals surface area contributed by atoms with Gasteiger partial charge in [0.05, 0.1) is 23.3 Å². The molecule has 25 heavy (non-hydrogen) atoms. The Bertz CT molecular complexity index is 837. The number of benzene rings is 2. The molecule has 5 nitrogen and oxygen atoms in total. The fourth-order valence-corrected chi connectivity index (χ4v) is 3.53. The number of hydrogen-bond donors (Lipinski definition) is 1. The molecule has 2 aromatic rings. The minimum Gasteiger partial charge on any atom is -0.376 e. The van der Waals surface area contributed by atoms with E-state index >= 15 is 0 Å². The molecule has 1 amide bonds. The number of rotatable bonds is 3. The third kappa shape index (κ3) is 2.97. The van der Waals surface area contributed by atoms with Gasteiger partial charge in [-0.3, -0.25) is 4.79 Å². The van der Waals surface area contributed by atoms with E-state index in [2.05, 4.69) is 11.4 Å². The van der Waals surface area contributed by atoms with Crippen LogP contribution in [0.15, 0.2) is 48.5 Å². The summed E-state index contributed by atoms with van der Waals surface area (Å²) in [5.74, 6) is -0.00258. The molecule has 0 saturated carbocycles. The maximum absolute atomic E-state index is 13.1. The number of fused-ring (bicyclic) bond motifs is 1. The smallest absolute Gasteiger partial charge is 0.257 e. The number of para-hydroxylation sites is 1. The van der Waals surface area contributed by atoms with Gasteiger partial charge in [-0.25, -0.2) is 0 Å². The lowest BCUT2D eigenvalue weighted by molar-refractivity contribution is 0.0427. The van der Waals surface area contributed by atoms with Crippen molar-refractivity contribution in [2.75, 3.05) is 18.5 Å². The predicted molar refractivity (Wildman–Crippen MR) is 94.0 cm³/mol. The summed E-state index contributed by atoms with van der Waals surface area (Å²) in [5, 5.41) is 12.7. The van der Waals surface area contributed by atoms with Crippen molar-refractivity contribution in [2.45, 2.75) is 25.1 Å². The van der Waals surface area contributed by atoms with Gasteiger partial charge in [0.1, 0.15) is 6.17 Å². The average Bonchev–Trinajstić information content (AvgIpc) is 3.17. The van der Waals surface area contributed by atoms with Crippen molar-refractivity contribution in [2.24, 2.45) is 0 Å². The van der Waals surface area contributed by atoms with Crippen LogP contribution in [0, 0.1) is 11.3 Å². The van der Waals surface area contributed by atoms with Crippen LogP contribution >= 0.6 is 0 Å². The van der Waals surface area contributed by atoms with Crippen LogP contribution in [-0.4, -0.2) is 30.1 Å². The molecule has 4 rings (SSSR count). The maximum atomic E-state index is 13.1. The van der Waals surface area contributed by atoms with Crippen molar-refractivity contribution < 1.29 is 9.53 Å². The van der Waals surface area contributed by atoms with Crippen LogP contribution in [0.4, 0.5) is 5.69 Å². The molecular formula is C20H19N3O2. The number of ether oxygens (including phenoxy) is 1. The van der Waals surface area contributed by atoms with Gasteiger partial charge in [-0.2, -0.15) is 5.26 Å². The molecule has 5 heteroatoms. The molecule has 2 aliphatic heterocycles. The van der Waals surface area contributed by atoms with Gasteiger partial charge < -0.3 is 15.0 Å². The van der Waals surface area contributed by atoms with Crippen LogP contribution in [0.1, 0.15) is 40.5 Å². The Morgan fingerprint density at radius 3 is 2.92 bits per heavy atom. The topological polar surface area (TPSA) is 65.4 Å². The number of nitrogens with zero attached hydrogens (tertiary/aromatic N) is 2. The molecule has 0 spiro atoms. The van der Waals surface area contributed by atoms with Gasteiger partial charge in [0.15, 0.2) is 0 Å². The van der Waals surface area contributed by atoms with Gasteiger partial charge in [-0.1, -0.05) is 24.3 Å². The summed E-state index contributed by atoms with van der Waals surface area (Å²) in [6.07, 6.45) is 1.76. The van der Waals surface area contributed by atoms with Gasteiger partial charge in [-0.15, -0.1) is 0 Å². The molecule has 2 aliphatic rings. The third-order valence-electron chi connectivity index (χ3n) is 4.78. The monoisotopic (exact) mass is 333 g/mol. The molecule has 1 N–H and O–H groups in total. The highest BCUT2D eigenvalue weighted by Crippen LogP contribution is 2.34. The summed E-state index contributed by atoms with van der Waals surface area (Å²) in [4.78, 5) is 14.9. The lowest BCUT2D eigenvalue weighted by Crippen LogP contribution is -2.46. The number of carbonyl (C=O) groups is 1. The highest BCUT2D eigenvalue weighted by molar-refractivity contribution is 6.01. The van der Waals surface area contributed by atoms with Gasteiger partial charge in [0.2, 0.25) is 0 Å². The summed E-state index contributed by atoms with van der Waals surface area (Å²) in [6.45, 7) is 1.30. The Morgan fingerprint density at radius 2 is 2.12 bits per heavy atom. The SMILES string of the molecule is N#Cc1cccc([C@@H]2Nc3ccccc3C(=O)N2C[C@H]2CCCO2)c1. The van der Waals surface area contributed by atoms with Crippen LogP contribution in [0.3, 0.4) is 0 Å². The molecule has 2 heterocycles. The number of hydrogen-bond acceptors (Lipinski definition) is 4. The normalized spacial score (nSPS) is 22.2. The summed E-state index contributed by atoms with van der Waals surface area (Å²) >= 11 is 0. The van der Waals surface area contributed by atoms with Crippen LogP contribution in [0.25, 0.3) is 0 Å². The summed E-state index contributed by atoms with van der Waals surface area (Å²) in [7, 11) is 0. The third-order valence-corrected chi connectivity index (χ3v) is 4.78. The first-order chi connectivity index (χ1) is 12.3. The molecule has 1 saturated heterocycles. The Hall–Kier alpha value is -2.84. The second kappa shape index (κ2) is 6.58. The zero-order chi connectivity index (χ0) is 17.2. The Balaban J connectivity index is 1.73. The van der Waals surface area contributed by atoms with E-state index in [1.165, 1.54) is 0 Å². The van der Waals surface area contributed by atoms with E-state index in [0.717, 1.165) is 30.7 Å². The van der Waals surface area contributed by atoms with E-state index in [1.807, 2.05) is 47.4 Å². The molecular weight excluding hydrogens is 314 g/mol. The highest BCUT2D eigenvalue weighted by Gasteiger charge is 2.35. The molecule has 0 unspecified atom stereocenters. The van der Waals surface area contributed by atoms with Crippen molar-refractivity contribution in [1.29, 1.82) is 5.26 Å². The molecule has 0 aliphatic carbocycles. The van der Waals surface area contributed by atoms with E-state index in [4.69, 9.17) is 4.74 Å². The Labute approximate surface area is 146 Å². The number of carbonyl (C=O) groups excluding carboxylic acids is 1. The van der Waals surface area contributed by atoms with Crippen LogP contribution < -0.4 is 5.32 Å². The van der Waals surface area contributed by atoms with Gasteiger partial charge in [-0.05, 0) is 42.7 Å². The second-order valence-electron chi connectivity index (χ2n) is 6.42.